The third kappa shape index (κ3) is 4.00. The second-order valence-corrected chi connectivity index (χ2v) is 4.56. The van der Waals surface area contributed by atoms with E-state index in [2.05, 4.69) is 17.4 Å². The van der Waals surface area contributed by atoms with Gasteiger partial charge in [-0.25, -0.2) is 9.82 Å². The maximum atomic E-state index is 13.8. The molecule has 0 saturated carbocycles. The second kappa shape index (κ2) is 7.36. The summed E-state index contributed by atoms with van der Waals surface area (Å²) in [6.45, 7) is 3.67. The Morgan fingerprint density at radius 2 is 1.81 bits per heavy atom. The number of nitrogens with one attached hydrogen (secondary N) is 2. The van der Waals surface area contributed by atoms with Crippen LogP contribution in [-0.4, -0.2) is 5.91 Å². The van der Waals surface area contributed by atoms with Crippen molar-refractivity contribution < 1.29 is 9.18 Å². The van der Waals surface area contributed by atoms with Crippen LogP contribution >= 0.6 is 0 Å². The van der Waals surface area contributed by atoms with Crippen LogP contribution in [0.25, 0.3) is 0 Å². The molecule has 108 valence electrons. The Morgan fingerprint density at radius 3 is 2.48 bits per heavy atom. The van der Waals surface area contributed by atoms with E-state index in [1.807, 2.05) is 6.07 Å². The molecule has 1 atom stereocenters. The molecule has 0 heterocycles. The van der Waals surface area contributed by atoms with Crippen molar-refractivity contribution in [2.75, 3.05) is 0 Å². The molecule has 0 aliphatic rings. The first kappa shape index (κ1) is 14.9. The summed E-state index contributed by atoms with van der Waals surface area (Å²) in [4.78, 5) is 12.0. The van der Waals surface area contributed by atoms with Gasteiger partial charge in [-0.2, -0.15) is 0 Å². The molecule has 4 heteroatoms. The van der Waals surface area contributed by atoms with Gasteiger partial charge in [0.2, 0.25) is 0 Å². The lowest BCUT2D eigenvalue weighted by atomic mass is 10.0. The summed E-state index contributed by atoms with van der Waals surface area (Å²) in [5.41, 5.74) is 6.50. The predicted octanol–water partition coefficient (Wildman–Crippen LogP) is 3.38. The molecule has 2 N–H and O–H groups in total. The summed E-state index contributed by atoms with van der Waals surface area (Å²) in [5.74, 6) is -0.577. The summed E-state index contributed by atoms with van der Waals surface area (Å²) in [7, 11) is 0. The third-order valence-corrected chi connectivity index (χ3v) is 3.08. The van der Waals surface area contributed by atoms with Crippen LogP contribution < -0.4 is 10.9 Å². The number of amides is 1. The monoisotopic (exact) mass is 284 g/mol. The van der Waals surface area contributed by atoms with E-state index in [1.165, 1.54) is 6.07 Å². The first-order valence-corrected chi connectivity index (χ1v) is 6.68. The van der Waals surface area contributed by atoms with Gasteiger partial charge >= 0.3 is 0 Å². The molecule has 21 heavy (non-hydrogen) atoms. The molecule has 3 nitrogen and oxygen atoms in total. The average Bonchev–Trinajstić information content (AvgIpc) is 2.53. The lowest BCUT2D eigenvalue weighted by molar-refractivity contribution is 0.0924. The third-order valence-electron chi connectivity index (χ3n) is 3.08. The molecular weight excluding hydrogens is 267 g/mol. The molecule has 0 saturated heterocycles. The molecular formula is C17H17FN2O. The fourth-order valence-electron chi connectivity index (χ4n) is 2.00. The number of benzene rings is 2. The summed E-state index contributed by atoms with van der Waals surface area (Å²) < 4.78 is 13.8. The van der Waals surface area contributed by atoms with Gasteiger partial charge in [-0.1, -0.05) is 42.5 Å². The summed E-state index contributed by atoms with van der Waals surface area (Å²) in [5, 5.41) is 0. The van der Waals surface area contributed by atoms with E-state index in [4.69, 9.17) is 0 Å². The van der Waals surface area contributed by atoms with Gasteiger partial charge in [0.1, 0.15) is 5.82 Å². The smallest absolute Gasteiger partial charge is 0.265 e. The van der Waals surface area contributed by atoms with Crippen LogP contribution in [0, 0.1) is 5.82 Å². The highest BCUT2D eigenvalue weighted by Gasteiger charge is 2.15. The molecule has 0 aliphatic heterocycles. The second-order valence-electron chi connectivity index (χ2n) is 4.56. The molecule has 0 fully saturated rings. The molecule has 2 rings (SSSR count). The number of hydrogen-bond acceptors (Lipinski definition) is 2. The SMILES string of the molecule is C=CCC(NNC(=O)c1ccccc1)c1ccccc1F. The van der Waals surface area contributed by atoms with Gasteiger partial charge < -0.3 is 0 Å². The lowest BCUT2D eigenvalue weighted by Gasteiger charge is -2.19. The minimum absolute atomic E-state index is 0.263. The molecule has 0 radical (unpaired) electrons. The number of rotatable bonds is 6. The standard InChI is InChI=1S/C17H17FN2O/c1-2-8-16(14-11-6-7-12-15(14)18)19-20-17(21)13-9-4-3-5-10-13/h2-7,9-12,16,19H,1,8H2,(H,20,21). The number of halogens is 1. The molecule has 0 aromatic heterocycles. The van der Waals surface area contributed by atoms with Crippen LogP contribution in [0.3, 0.4) is 0 Å². The van der Waals surface area contributed by atoms with Crippen LogP contribution in [0.2, 0.25) is 0 Å². The van der Waals surface area contributed by atoms with Gasteiger partial charge in [0.15, 0.2) is 0 Å². The van der Waals surface area contributed by atoms with Gasteiger partial charge in [0, 0.05) is 11.1 Å². The average molecular weight is 284 g/mol. The Labute approximate surface area is 123 Å². The van der Waals surface area contributed by atoms with Crippen molar-refractivity contribution in [3.05, 3.63) is 84.2 Å². The molecule has 1 amide bonds. The van der Waals surface area contributed by atoms with Gasteiger partial charge in [-0.15, -0.1) is 6.58 Å². The Hall–Kier alpha value is -2.46. The lowest BCUT2D eigenvalue weighted by Crippen LogP contribution is -2.40. The number of hydrogen-bond donors (Lipinski definition) is 2. The number of hydrazine groups is 1. The molecule has 0 bridgehead atoms. The maximum absolute atomic E-state index is 13.8. The van der Waals surface area contributed by atoms with Crippen LogP contribution in [0.5, 0.6) is 0 Å². The van der Waals surface area contributed by atoms with Crippen LogP contribution in [0.15, 0.2) is 67.3 Å². The highest BCUT2D eigenvalue weighted by Crippen LogP contribution is 2.19. The van der Waals surface area contributed by atoms with E-state index in [0.717, 1.165) is 0 Å². The zero-order chi connectivity index (χ0) is 15.1. The van der Waals surface area contributed by atoms with E-state index in [1.54, 1.807) is 48.5 Å². The minimum Gasteiger partial charge on any atom is -0.287 e. The Balaban J connectivity index is 2.06. The van der Waals surface area contributed by atoms with Crippen molar-refractivity contribution >= 4 is 5.91 Å². The predicted molar refractivity (Wildman–Crippen MR) is 81.0 cm³/mol. The first-order chi connectivity index (χ1) is 10.2. The zero-order valence-electron chi connectivity index (χ0n) is 11.6. The van der Waals surface area contributed by atoms with Crippen molar-refractivity contribution in [1.29, 1.82) is 0 Å². The molecule has 0 spiro atoms. The van der Waals surface area contributed by atoms with Crippen molar-refractivity contribution in [3.63, 3.8) is 0 Å². The zero-order valence-corrected chi connectivity index (χ0v) is 11.6. The van der Waals surface area contributed by atoms with Crippen molar-refractivity contribution in [2.45, 2.75) is 12.5 Å². The van der Waals surface area contributed by atoms with E-state index < -0.39 is 0 Å². The van der Waals surface area contributed by atoms with Gasteiger partial charge in [-0.3, -0.25) is 10.2 Å². The van der Waals surface area contributed by atoms with Crippen LogP contribution in [-0.2, 0) is 0 Å². The summed E-state index contributed by atoms with van der Waals surface area (Å²) in [6, 6.07) is 14.9. The summed E-state index contributed by atoms with van der Waals surface area (Å²) >= 11 is 0. The molecule has 2 aromatic rings. The Bertz CT molecular complexity index is 613. The Morgan fingerprint density at radius 1 is 1.14 bits per heavy atom. The summed E-state index contributed by atoms with van der Waals surface area (Å²) in [6.07, 6.45) is 2.18. The topological polar surface area (TPSA) is 41.1 Å². The van der Waals surface area contributed by atoms with Crippen LogP contribution in [0.1, 0.15) is 28.4 Å². The fourth-order valence-corrected chi connectivity index (χ4v) is 2.00. The molecule has 1 unspecified atom stereocenters. The normalized spacial score (nSPS) is 11.7. The molecule has 2 aromatic carbocycles. The van der Waals surface area contributed by atoms with Crippen molar-refractivity contribution in [1.82, 2.24) is 10.9 Å². The van der Waals surface area contributed by atoms with E-state index >= 15 is 0 Å². The van der Waals surface area contributed by atoms with E-state index in [-0.39, 0.29) is 17.8 Å². The van der Waals surface area contributed by atoms with Gasteiger partial charge in [0.25, 0.3) is 5.91 Å². The van der Waals surface area contributed by atoms with Crippen molar-refractivity contribution in [3.8, 4) is 0 Å². The minimum atomic E-state index is -0.364. The Kier molecular flexibility index (Phi) is 5.23. The van der Waals surface area contributed by atoms with E-state index in [9.17, 15) is 9.18 Å². The van der Waals surface area contributed by atoms with Crippen LogP contribution in [0.4, 0.5) is 4.39 Å². The quantitative estimate of drug-likeness (QED) is 0.630. The number of carbonyl (C=O) groups is 1. The molecule has 0 aliphatic carbocycles. The number of carbonyl (C=O) groups excluding carboxylic acids is 1. The first-order valence-electron chi connectivity index (χ1n) is 6.68. The van der Waals surface area contributed by atoms with E-state index in [0.29, 0.717) is 17.5 Å². The van der Waals surface area contributed by atoms with Gasteiger partial charge in [0.05, 0.1) is 6.04 Å². The van der Waals surface area contributed by atoms with Crippen molar-refractivity contribution in [2.24, 2.45) is 0 Å². The highest BCUT2D eigenvalue weighted by atomic mass is 19.1. The fraction of sp³-hybridized carbons (Fsp3) is 0.118. The highest BCUT2D eigenvalue weighted by molar-refractivity contribution is 5.93. The largest absolute Gasteiger partial charge is 0.287 e. The van der Waals surface area contributed by atoms with Gasteiger partial charge in [-0.05, 0) is 24.6 Å². The maximum Gasteiger partial charge on any atom is 0.265 e.